The van der Waals surface area contributed by atoms with Crippen LogP contribution >= 0.6 is 27.5 Å². The van der Waals surface area contributed by atoms with Crippen molar-refractivity contribution in [2.75, 3.05) is 12.0 Å². The predicted molar refractivity (Wildman–Crippen MR) is 139 cm³/mol. The molecule has 1 fully saturated rings. The SMILES string of the molecule is COc1cc(/C=C2\C(=O)NC(=O)N(c3ccc(Cl)cc3)C2=O)c(Br)cc1OCc1cccc(C(=O)O)c1. The van der Waals surface area contributed by atoms with Crippen LogP contribution in [-0.4, -0.2) is 36.0 Å². The lowest BCUT2D eigenvalue weighted by molar-refractivity contribution is -0.122. The fraction of sp³-hybridized carbons (Fsp3) is 0.0769. The van der Waals surface area contributed by atoms with Gasteiger partial charge < -0.3 is 14.6 Å². The smallest absolute Gasteiger partial charge is 0.335 e. The molecule has 0 atom stereocenters. The number of anilines is 1. The molecule has 0 bridgehead atoms. The van der Waals surface area contributed by atoms with Crippen molar-refractivity contribution in [3.63, 3.8) is 0 Å². The number of carbonyl (C=O) groups excluding carboxylic acids is 3. The molecule has 0 saturated carbocycles. The van der Waals surface area contributed by atoms with E-state index in [-0.39, 0.29) is 23.4 Å². The monoisotopic (exact) mass is 584 g/mol. The van der Waals surface area contributed by atoms with E-state index in [4.69, 9.17) is 21.1 Å². The topological polar surface area (TPSA) is 122 Å². The second-order valence-corrected chi connectivity index (χ2v) is 9.04. The predicted octanol–water partition coefficient (Wildman–Crippen LogP) is 5.05. The summed E-state index contributed by atoms with van der Waals surface area (Å²) in [5.74, 6) is -2.05. The van der Waals surface area contributed by atoms with E-state index in [1.807, 2.05) is 0 Å². The van der Waals surface area contributed by atoms with Gasteiger partial charge in [-0.25, -0.2) is 14.5 Å². The van der Waals surface area contributed by atoms with Crippen molar-refractivity contribution >= 4 is 63.1 Å². The zero-order valence-electron chi connectivity index (χ0n) is 19.2. The summed E-state index contributed by atoms with van der Waals surface area (Å²) in [5, 5.41) is 11.8. The molecule has 3 aromatic rings. The van der Waals surface area contributed by atoms with Crippen LogP contribution in [0.4, 0.5) is 10.5 Å². The number of halogens is 2. The van der Waals surface area contributed by atoms with E-state index >= 15 is 0 Å². The van der Waals surface area contributed by atoms with Gasteiger partial charge >= 0.3 is 12.0 Å². The first kappa shape index (κ1) is 25.9. The molecule has 0 unspecified atom stereocenters. The van der Waals surface area contributed by atoms with Gasteiger partial charge in [0.05, 0.1) is 18.4 Å². The van der Waals surface area contributed by atoms with E-state index in [9.17, 15) is 24.3 Å². The Morgan fingerprint density at radius 3 is 2.49 bits per heavy atom. The highest BCUT2D eigenvalue weighted by atomic mass is 79.9. The molecule has 1 aliphatic heterocycles. The number of carboxylic acids is 1. The Kier molecular flexibility index (Phi) is 7.61. The molecule has 0 radical (unpaired) electrons. The van der Waals surface area contributed by atoms with Crippen molar-refractivity contribution in [1.29, 1.82) is 0 Å². The number of imide groups is 2. The average Bonchev–Trinajstić information content (AvgIpc) is 2.87. The molecular weight excluding hydrogens is 568 g/mol. The highest BCUT2D eigenvalue weighted by molar-refractivity contribution is 9.10. The van der Waals surface area contributed by atoms with Crippen LogP contribution in [-0.2, 0) is 16.2 Å². The lowest BCUT2D eigenvalue weighted by atomic mass is 10.1. The third-order valence-corrected chi connectivity index (χ3v) is 6.28. The van der Waals surface area contributed by atoms with E-state index in [1.54, 1.807) is 24.3 Å². The van der Waals surface area contributed by atoms with Crippen molar-refractivity contribution in [1.82, 2.24) is 5.32 Å². The first-order chi connectivity index (χ1) is 17.7. The summed E-state index contributed by atoms with van der Waals surface area (Å²) in [6.07, 6.45) is 1.33. The van der Waals surface area contributed by atoms with Gasteiger partial charge in [0.15, 0.2) is 11.5 Å². The third kappa shape index (κ3) is 5.65. The number of carbonyl (C=O) groups is 4. The van der Waals surface area contributed by atoms with Crippen molar-refractivity contribution in [3.8, 4) is 11.5 Å². The van der Waals surface area contributed by atoms with Gasteiger partial charge in [-0.05, 0) is 65.7 Å². The molecule has 9 nitrogen and oxygen atoms in total. The summed E-state index contributed by atoms with van der Waals surface area (Å²) >= 11 is 9.32. The van der Waals surface area contributed by atoms with E-state index in [0.717, 1.165) is 4.90 Å². The van der Waals surface area contributed by atoms with E-state index < -0.39 is 23.8 Å². The summed E-state index contributed by atoms with van der Waals surface area (Å²) in [6, 6.07) is 14.6. The molecule has 1 aliphatic rings. The van der Waals surface area contributed by atoms with Crippen molar-refractivity contribution in [3.05, 3.63) is 92.4 Å². The summed E-state index contributed by atoms with van der Waals surface area (Å²) < 4.78 is 11.7. The number of nitrogens with zero attached hydrogens (tertiary/aromatic N) is 1. The second-order valence-electron chi connectivity index (χ2n) is 7.75. The van der Waals surface area contributed by atoms with Crippen LogP contribution in [0.3, 0.4) is 0 Å². The van der Waals surface area contributed by atoms with Gasteiger partial charge in [-0.2, -0.15) is 0 Å². The number of ether oxygens (including phenoxy) is 2. The number of benzene rings is 3. The van der Waals surface area contributed by atoms with Crippen molar-refractivity contribution in [2.45, 2.75) is 6.61 Å². The molecule has 2 N–H and O–H groups in total. The molecular formula is C26H18BrClN2O7. The lowest BCUT2D eigenvalue weighted by Crippen LogP contribution is -2.54. The maximum absolute atomic E-state index is 13.1. The Labute approximate surface area is 224 Å². The zero-order chi connectivity index (χ0) is 26.7. The second kappa shape index (κ2) is 10.9. The molecule has 11 heteroatoms. The number of amides is 4. The average molecular weight is 586 g/mol. The van der Waals surface area contributed by atoms with Gasteiger partial charge in [-0.1, -0.05) is 39.7 Å². The Hall–Kier alpha value is -4.15. The summed E-state index contributed by atoms with van der Waals surface area (Å²) in [7, 11) is 1.43. The van der Waals surface area contributed by atoms with Gasteiger partial charge in [0.2, 0.25) is 0 Å². The summed E-state index contributed by atoms with van der Waals surface area (Å²) in [5.41, 5.74) is 1.17. The Balaban J connectivity index is 1.62. The highest BCUT2D eigenvalue weighted by Gasteiger charge is 2.37. The van der Waals surface area contributed by atoms with Gasteiger partial charge in [0.1, 0.15) is 12.2 Å². The minimum Gasteiger partial charge on any atom is -0.493 e. The zero-order valence-corrected chi connectivity index (χ0v) is 21.5. The number of hydrogen-bond donors (Lipinski definition) is 2. The summed E-state index contributed by atoms with van der Waals surface area (Å²) in [4.78, 5) is 50.1. The normalized spacial score (nSPS) is 14.5. The number of rotatable bonds is 7. The van der Waals surface area contributed by atoms with Gasteiger partial charge in [-0.3, -0.25) is 14.9 Å². The fourth-order valence-electron chi connectivity index (χ4n) is 3.53. The number of nitrogens with one attached hydrogen (secondary N) is 1. The number of carboxylic acid groups (broad SMARTS) is 1. The van der Waals surface area contributed by atoms with Crippen LogP contribution < -0.4 is 19.7 Å². The molecule has 0 aromatic heterocycles. The maximum Gasteiger partial charge on any atom is 0.335 e. The number of hydrogen-bond acceptors (Lipinski definition) is 6. The fourth-order valence-corrected chi connectivity index (χ4v) is 4.09. The Bertz CT molecular complexity index is 1450. The minimum absolute atomic E-state index is 0.0728. The number of aromatic carboxylic acids is 1. The van der Waals surface area contributed by atoms with Crippen molar-refractivity contribution in [2.24, 2.45) is 0 Å². The van der Waals surface area contributed by atoms with Gasteiger partial charge in [0, 0.05) is 9.50 Å². The van der Waals surface area contributed by atoms with Crippen molar-refractivity contribution < 1.29 is 33.8 Å². The van der Waals surface area contributed by atoms with Crippen LogP contribution in [0.5, 0.6) is 11.5 Å². The third-order valence-electron chi connectivity index (χ3n) is 5.34. The van der Waals surface area contributed by atoms with Gasteiger partial charge in [-0.15, -0.1) is 0 Å². The molecule has 4 amide bonds. The molecule has 0 aliphatic carbocycles. The largest absolute Gasteiger partial charge is 0.493 e. The van der Waals surface area contributed by atoms with Crippen LogP contribution in [0, 0.1) is 0 Å². The highest BCUT2D eigenvalue weighted by Crippen LogP contribution is 2.36. The Morgan fingerprint density at radius 2 is 1.81 bits per heavy atom. The van der Waals surface area contributed by atoms with E-state index in [1.165, 1.54) is 49.6 Å². The molecule has 1 heterocycles. The van der Waals surface area contributed by atoms with Crippen LogP contribution in [0.1, 0.15) is 21.5 Å². The standard InChI is InChI=1S/C26H18BrClN2O7/c1-36-21-11-16(20(27)12-22(21)37-13-14-3-2-4-15(9-14)25(33)34)10-19-23(31)29-26(35)30(24(19)32)18-7-5-17(28)6-8-18/h2-12H,13H2,1H3,(H,33,34)(H,29,31,35)/b19-10+. The molecule has 188 valence electrons. The van der Waals surface area contributed by atoms with Gasteiger partial charge in [0.25, 0.3) is 11.8 Å². The molecule has 1 saturated heterocycles. The number of methoxy groups -OCH3 is 1. The lowest BCUT2D eigenvalue weighted by Gasteiger charge is -2.26. The molecule has 3 aromatic carbocycles. The van der Waals surface area contributed by atoms with E-state index in [0.29, 0.717) is 32.1 Å². The van der Waals surface area contributed by atoms with E-state index in [2.05, 4.69) is 21.2 Å². The summed E-state index contributed by atoms with van der Waals surface area (Å²) in [6.45, 7) is 0.0728. The molecule has 4 rings (SSSR count). The minimum atomic E-state index is -1.04. The first-order valence-corrected chi connectivity index (χ1v) is 11.8. The van der Waals surface area contributed by atoms with Crippen LogP contribution in [0.25, 0.3) is 6.08 Å². The van der Waals surface area contributed by atoms with Crippen LogP contribution in [0.2, 0.25) is 5.02 Å². The molecule has 37 heavy (non-hydrogen) atoms. The molecule has 0 spiro atoms. The maximum atomic E-state index is 13.1. The Morgan fingerprint density at radius 1 is 1.08 bits per heavy atom. The first-order valence-electron chi connectivity index (χ1n) is 10.7. The number of barbiturate groups is 1. The number of urea groups is 1. The van der Waals surface area contributed by atoms with Crippen LogP contribution in [0.15, 0.2) is 70.7 Å². The quantitative estimate of drug-likeness (QED) is 0.294.